The predicted octanol–water partition coefficient (Wildman–Crippen LogP) is 2.50. The number of ether oxygens (including phenoxy) is 1. The number of morpholine rings is 1. The Balaban J connectivity index is 1.69. The second-order valence-electron chi connectivity index (χ2n) is 5.98. The first-order valence-corrected chi connectivity index (χ1v) is 10.9. The van der Waals surface area contributed by atoms with Gasteiger partial charge in [0.15, 0.2) is 0 Å². The third-order valence-electron chi connectivity index (χ3n) is 4.11. The predicted molar refractivity (Wildman–Crippen MR) is 107 cm³/mol. The fourth-order valence-corrected chi connectivity index (χ4v) is 5.55. The van der Waals surface area contributed by atoms with Gasteiger partial charge in [-0.25, -0.2) is 8.42 Å². The number of amides is 1. The average Bonchev–Trinajstić information content (AvgIpc) is 3.10. The van der Waals surface area contributed by atoms with Crippen LogP contribution in [0.3, 0.4) is 0 Å². The van der Waals surface area contributed by atoms with Gasteiger partial charge in [-0.1, -0.05) is 23.7 Å². The Morgan fingerprint density at radius 1 is 1.26 bits per heavy atom. The van der Waals surface area contributed by atoms with Gasteiger partial charge in [0, 0.05) is 20.1 Å². The molecule has 10 heteroatoms. The van der Waals surface area contributed by atoms with E-state index in [0.717, 1.165) is 34.4 Å². The molecule has 1 N–H and O–H groups in total. The number of hydrogen-bond acceptors (Lipinski definition) is 6. The van der Waals surface area contributed by atoms with Crippen LogP contribution in [-0.4, -0.2) is 58.5 Å². The van der Waals surface area contributed by atoms with E-state index in [0.29, 0.717) is 23.2 Å². The quantitative estimate of drug-likeness (QED) is 0.763. The van der Waals surface area contributed by atoms with E-state index >= 15 is 0 Å². The van der Waals surface area contributed by atoms with Crippen LogP contribution in [0.5, 0.6) is 0 Å². The van der Waals surface area contributed by atoms with Crippen LogP contribution in [0.4, 0.5) is 11.4 Å². The molecule has 0 unspecified atom stereocenters. The number of thiophene rings is 1. The third kappa shape index (κ3) is 4.80. The van der Waals surface area contributed by atoms with Crippen LogP contribution < -0.4 is 10.2 Å². The van der Waals surface area contributed by atoms with Crippen LogP contribution in [-0.2, 0) is 19.6 Å². The third-order valence-corrected chi connectivity index (χ3v) is 7.61. The normalized spacial score (nSPS) is 15.1. The number of para-hydroxylation sites is 2. The zero-order valence-corrected chi connectivity index (χ0v) is 17.1. The van der Waals surface area contributed by atoms with Gasteiger partial charge in [0.1, 0.15) is 4.21 Å². The minimum atomic E-state index is -3.76. The molecule has 7 nitrogen and oxygen atoms in total. The zero-order valence-electron chi connectivity index (χ0n) is 14.7. The van der Waals surface area contributed by atoms with E-state index in [1.54, 1.807) is 6.07 Å². The lowest BCUT2D eigenvalue weighted by molar-refractivity contribution is -0.116. The van der Waals surface area contributed by atoms with Crippen molar-refractivity contribution in [2.24, 2.45) is 0 Å². The molecule has 1 aromatic carbocycles. The SMILES string of the molecule is CN(CC(=O)Nc1ccccc1N1CCOCC1)S(=O)(=O)c1ccc(Cl)s1. The topological polar surface area (TPSA) is 79.0 Å². The van der Waals surface area contributed by atoms with Crippen LogP contribution in [0, 0.1) is 0 Å². The second kappa shape index (κ2) is 8.57. The summed E-state index contributed by atoms with van der Waals surface area (Å²) in [5, 5.41) is 2.82. The first-order valence-electron chi connectivity index (χ1n) is 8.31. The van der Waals surface area contributed by atoms with E-state index in [4.69, 9.17) is 16.3 Å². The van der Waals surface area contributed by atoms with Crippen molar-refractivity contribution in [1.29, 1.82) is 0 Å². The molecule has 2 heterocycles. The van der Waals surface area contributed by atoms with Gasteiger partial charge >= 0.3 is 0 Å². The standard InChI is InChI=1S/C17H20ClN3O4S2/c1-20(27(23,24)17-7-6-15(18)26-17)12-16(22)19-13-4-2-3-5-14(13)21-8-10-25-11-9-21/h2-7H,8-12H2,1H3,(H,19,22). The maximum absolute atomic E-state index is 12.5. The van der Waals surface area contributed by atoms with Gasteiger partial charge in [0.05, 0.1) is 35.5 Å². The van der Waals surface area contributed by atoms with Gasteiger partial charge in [-0.05, 0) is 24.3 Å². The Labute approximate surface area is 167 Å². The second-order valence-corrected chi connectivity index (χ2v) is 9.97. The molecular weight excluding hydrogens is 410 g/mol. The van der Waals surface area contributed by atoms with Crippen molar-refractivity contribution >= 4 is 50.2 Å². The number of carbonyl (C=O) groups excluding carboxylic acids is 1. The summed E-state index contributed by atoms with van der Waals surface area (Å²) in [7, 11) is -2.39. The molecule has 0 aliphatic carbocycles. The van der Waals surface area contributed by atoms with Crippen molar-refractivity contribution < 1.29 is 17.9 Å². The number of nitrogens with zero attached hydrogens (tertiary/aromatic N) is 2. The van der Waals surface area contributed by atoms with Gasteiger partial charge in [-0.3, -0.25) is 4.79 Å². The number of sulfonamides is 1. The summed E-state index contributed by atoms with van der Waals surface area (Å²) in [5.74, 6) is -0.413. The smallest absolute Gasteiger partial charge is 0.252 e. The number of halogens is 1. The Kier molecular flexibility index (Phi) is 6.38. The van der Waals surface area contributed by atoms with E-state index in [2.05, 4.69) is 10.2 Å². The first-order chi connectivity index (χ1) is 12.9. The minimum Gasteiger partial charge on any atom is -0.378 e. The monoisotopic (exact) mass is 429 g/mol. The Bertz CT molecular complexity index is 910. The Morgan fingerprint density at radius 2 is 1.96 bits per heavy atom. The molecule has 0 spiro atoms. The van der Waals surface area contributed by atoms with Gasteiger partial charge in [0.25, 0.3) is 10.0 Å². The molecule has 1 fully saturated rings. The molecule has 2 aromatic rings. The zero-order chi connectivity index (χ0) is 19.4. The summed E-state index contributed by atoms with van der Waals surface area (Å²) in [6.07, 6.45) is 0. The molecule has 0 saturated carbocycles. The van der Waals surface area contributed by atoms with Gasteiger partial charge in [0.2, 0.25) is 5.91 Å². The summed E-state index contributed by atoms with van der Waals surface area (Å²) in [5.41, 5.74) is 1.54. The van der Waals surface area contributed by atoms with Gasteiger partial charge < -0.3 is 15.0 Å². The summed E-state index contributed by atoms with van der Waals surface area (Å²) < 4.78 is 31.9. The fourth-order valence-electron chi connectivity index (χ4n) is 2.73. The molecule has 27 heavy (non-hydrogen) atoms. The molecule has 0 bridgehead atoms. The number of benzene rings is 1. The van der Waals surface area contributed by atoms with E-state index in [1.165, 1.54) is 19.2 Å². The molecule has 0 atom stereocenters. The molecule has 3 rings (SSSR count). The van der Waals surface area contributed by atoms with Gasteiger partial charge in [-0.2, -0.15) is 4.31 Å². The highest BCUT2D eigenvalue weighted by Gasteiger charge is 2.25. The molecular formula is C17H20ClN3O4S2. The van der Waals surface area contributed by atoms with Crippen molar-refractivity contribution in [3.8, 4) is 0 Å². The number of nitrogens with one attached hydrogen (secondary N) is 1. The number of rotatable bonds is 6. The number of anilines is 2. The molecule has 146 valence electrons. The number of hydrogen-bond donors (Lipinski definition) is 1. The molecule has 1 saturated heterocycles. The number of likely N-dealkylation sites (N-methyl/N-ethyl adjacent to an activating group) is 1. The van der Waals surface area contributed by atoms with Gasteiger partial charge in [-0.15, -0.1) is 11.3 Å². The number of carbonyl (C=O) groups is 1. The van der Waals surface area contributed by atoms with Crippen LogP contribution in [0.15, 0.2) is 40.6 Å². The van der Waals surface area contributed by atoms with Crippen LogP contribution in [0.25, 0.3) is 0 Å². The van der Waals surface area contributed by atoms with Crippen LogP contribution >= 0.6 is 22.9 Å². The van der Waals surface area contributed by atoms with Crippen molar-refractivity contribution in [2.75, 3.05) is 50.1 Å². The van der Waals surface area contributed by atoms with Crippen molar-refractivity contribution in [3.63, 3.8) is 0 Å². The van der Waals surface area contributed by atoms with Crippen LogP contribution in [0.1, 0.15) is 0 Å². The molecule has 0 radical (unpaired) electrons. The molecule has 1 aliphatic heterocycles. The maximum Gasteiger partial charge on any atom is 0.252 e. The average molecular weight is 430 g/mol. The summed E-state index contributed by atoms with van der Waals surface area (Å²) >= 11 is 6.78. The summed E-state index contributed by atoms with van der Waals surface area (Å²) in [4.78, 5) is 14.6. The highest BCUT2D eigenvalue weighted by atomic mass is 35.5. The van der Waals surface area contributed by atoms with E-state index in [1.807, 2.05) is 18.2 Å². The van der Waals surface area contributed by atoms with E-state index in [-0.39, 0.29) is 10.8 Å². The van der Waals surface area contributed by atoms with Crippen LogP contribution in [0.2, 0.25) is 4.34 Å². The minimum absolute atomic E-state index is 0.108. The first kappa shape index (κ1) is 20.1. The largest absolute Gasteiger partial charge is 0.378 e. The molecule has 1 aromatic heterocycles. The molecule has 1 amide bonds. The van der Waals surface area contributed by atoms with E-state index < -0.39 is 15.9 Å². The highest BCUT2D eigenvalue weighted by molar-refractivity contribution is 7.91. The fraction of sp³-hybridized carbons (Fsp3) is 0.353. The Hall–Kier alpha value is -1.65. The maximum atomic E-state index is 12.5. The van der Waals surface area contributed by atoms with Crippen molar-refractivity contribution in [3.05, 3.63) is 40.7 Å². The Morgan fingerprint density at radius 3 is 2.63 bits per heavy atom. The summed E-state index contributed by atoms with van der Waals surface area (Å²) in [6, 6.07) is 10.4. The lowest BCUT2D eigenvalue weighted by Crippen LogP contribution is -2.37. The lowest BCUT2D eigenvalue weighted by Gasteiger charge is -2.30. The summed E-state index contributed by atoms with van der Waals surface area (Å²) in [6.45, 7) is 2.44. The van der Waals surface area contributed by atoms with Crippen molar-refractivity contribution in [2.45, 2.75) is 4.21 Å². The molecule has 1 aliphatic rings. The highest BCUT2D eigenvalue weighted by Crippen LogP contribution is 2.28. The van der Waals surface area contributed by atoms with Crippen molar-refractivity contribution in [1.82, 2.24) is 4.31 Å². The lowest BCUT2D eigenvalue weighted by atomic mass is 10.2. The van der Waals surface area contributed by atoms with E-state index in [9.17, 15) is 13.2 Å².